The van der Waals surface area contributed by atoms with Gasteiger partial charge >= 0.3 is 0 Å². The van der Waals surface area contributed by atoms with Crippen molar-refractivity contribution in [3.63, 3.8) is 0 Å². The number of halogens is 2. The van der Waals surface area contributed by atoms with Crippen LogP contribution in [0.25, 0.3) is 11.0 Å². The first-order valence-corrected chi connectivity index (χ1v) is 10.1. The highest BCUT2D eigenvalue weighted by atomic mass is 79.9. The van der Waals surface area contributed by atoms with Crippen molar-refractivity contribution in [2.24, 2.45) is 0 Å². The van der Waals surface area contributed by atoms with Crippen molar-refractivity contribution < 1.29 is 34.7 Å². The molecule has 7 nitrogen and oxygen atoms in total. The molecule has 2 radical (unpaired) electrons. The van der Waals surface area contributed by atoms with Crippen LogP contribution in [0.3, 0.4) is 0 Å². The molecule has 10 heteroatoms. The Morgan fingerprint density at radius 1 is 1.11 bits per heavy atom. The molecule has 3 aromatic rings. The molecule has 0 bridgehead atoms. The van der Waals surface area contributed by atoms with E-state index in [9.17, 15) is 30.3 Å². The van der Waals surface area contributed by atoms with Gasteiger partial charge in [0, 0.05) is 17.4 Å². The largest absolute Gasteiger partial charge is 0.507 e. The Bertz CT molecular complexity index is 1050. The number of phenols is 4. The van der Waals surface area contributed by atoms with Gasteiger partial charge in [0.2, 0.25) is 11.5 Å². The maximum absolute atomic E-state index is 13.0. The SMILES string of the molecule is CBr.[B]c1c(O)c(O)c(O)c2oc(CCO)c(C(=O)c3ccc(O)c(Br)c3)c12. The number of phenolic OH excluding ortho intramolecular Hbond substituents is 4. The number of alkyl halides is 1. The number of aliphatic hydroxyl groups is 1. The molecule has 146 valence electrons. The number of ketones is 1. The molecule has 2 aromatic carbocycles. The minimum atomic E-state index is -0.870. The lowest BCUT2D eigenvalue weighted by Gasteiger charge is -2.08. The predicted octanol–water partition coefficient (Wildman–Crippen LogP) is 2.59. The van der Waals surface area contributed by atoms with Crippen LogP contribution in [0.2, 0.25) is 0 Å². The summed E-state index contributed by atoms with van der Waals surface area (Å²) in [7, 11) is 5.82. The monoisotopic (exact) mass is 512 g/mol. The summed E-state index contributed by atoms with van der Waals surface area (Å²) in [6.45, 7) is -0.349. The molecule has 1 heterocycles. The van der Waals surface area contributed by atoms with Crippen molar-refractivity contribution in [1.29, 1.82) is 0 Å². The third-order valence-corrected chi connectivity index (χ3v) is 4.58. The van der Waals surface area contributed by atoms with E-state index in [0.29, 0.717) is 0 Å². The Labute approximate surface area is 177 Å². The second-order valence-electron chi connectivity index (χ2n) is 5.53. The minimum absolute atomic E-state index is 0.0312. The number of fused-ring (bicyclic) bond motifs is 1. The highest BCUT2D eigenvalue weighted by Crippen LogP contribution is 2.43. The van der Waals surface area contributed by atoms with E-state index in [-0.39, 0.29) is 56.6 Å². The normalized spacial score (nSPS) is 10.6. The second kappa shape index (κ2) is 8.89. The van der Waals surface area contributed by atoms with Crippen LogP contribution in [0.15, 0.2) is 27.1 Å². The molecular weight excluding hydrogens is 499 g/mol. The van der Waals surface area contributed by atoms with Crippen molar-refractivity contribution in [2.75, 3.05) is 12.4 Å². The van der Waals surface area contributed by atoms with Gasteiger partial charge in [-0.2, -0.15) is 0 Å². The highest BCUT2D eigenvalue weighted by Gasteiger charge is 2.28. The molecule has 3 rings (SSSR count). The summed E-state index contributed by atoms with van der Waals surface area (Å²) in [5, 5.41) is 48.4. The van der Waals surface area contributed by atoms with Gasteiger partial charge in [0.1, 0.15) is 19.4 Å². The lowest BCUT2D eigenvalue weighted by molar-refractivity contribution is 0.103. The fourth-order valence-electron chi connectivity index (χ4n) is 2.68. The zero-order valence-corrected chi connectivity index (χ0v) is 17.7. The smallest absolute Gasteiger partial charge is 0.205 e. The summed E-state index contributed by atoms with van der Waals surface area (Å²) in [6.07, 6.45) is -0.0601. The van der Waals surface area contributed by atoms with Gasteiger partial charge in [0.15, 0.2) is 17.1 Å². The molecule has 5 N–H and O–H groups in total. The van der Waals surface area contributed by atoms with E-state index in [2.05, 4.69) is 31.9 Å². The molecule has 0 saturated carbocycles. The Hall–Kier alpha value is -2.17. The molecule has 0 atom stereocenters. The standard InChI is InChI=1S/C17H12BBrO7.CH3Br/c18-12-11-10(13(22)6-1-2-8(21)7(19)5-6)9(3-4-20)26-17(11)16(25)15(24)14(12)23;1-2/h1-2,5,20-21,23-25H,3-4H2;1H3. The van der Waals surface area contributed by atoms with Gasteiger partial charge in [0.25, 0.3) is 0 Å². The van der Waals surface area contributed by atoms with Crippen LogP contribution < -0.4 is 5.46 Å². The Balaban J connectivity index is 0.00000136. The average molecular weight is 514 g/mol. The molecule has 0 aliphatic heterocycles. The van der Waals surface area contributed by atoms with Crippen LogP contribution in [-0.2, 0) is 6.42 Å². The van der Waals surface area contributed by atoms with Crippen molar-refractivity contribution in [3.8, 4) is 23.0 Å². The van der Waals surface area contributed by atoms with Gasteiger partial charge in [0.05, 0.1) is 16.6 Å². The molecule has 1 aromatic heterocycles. The molecule has 0 aliphatic carbocycles. The lowest BCUT2D eigenvalue weighted by Crippen LogP contribution is -2.11. The van der Waals surface area contributed by atoms with Crippen LogP contribution >= 0.6 is 31.9 Å². The van der Waals surface area contributed by atoms with E-state index in [1.54, 1.807) is 0 Å². The second-order valence-corrected chi connectivity index (χ2v) is 6.39. The molecule has 0 spiro atoms. The van der Waals surface area contributed by atoms with E-state index in [1.807, 2.05) is 5.83 Å². The first-order chi connectivity index (χ1) is 13.3. The van der Waals surface area contributed by atoms with Crippen LogP contribution in [0.4, 0.5) is 0 Å². The van der Waals surface area contributed by atoms with Gasteiger partial charge in [-0.3, -0.25) is 4.79 Å². The zero-order chi connectivity index (χ0) is 21.2. The number of benzene rings is 2. The predicted molar refractivity (Wildman–Crippen MR) is 111 cm³/mol. The van der Waals surface area contributed by atoms with Crippen molar-refractivity contribution in [3.05, 3.63) is 39.6 Å². The third-order valence-electron chi connectivity index (χ3n) is 3.95. The van der Waals surface area contributed by atoms with Crippen molar-refractivity contribution in [2.45, 2.75) is 6.42 Å². The fourth-order valence-corrected chi connectivity index (χ4v) is 3.06. The highest BCUT2D eigenvalue weighted by molar-refractivity contribution is 9.10. The van der Waals surface area contributed by atoms with Crippen LogP contribution in [-0.4, -0.2) is 51.6 Å². The maximum Gasteiger partial charge on any atom is 0.205 e. The Morgan fingerprint density at radius 2 is 1.75 bits per heavy atom. The molecule has 0 unspecified atom stereocenters. The van der Waals surface area contributed by atoms with Crippen molar-refractivity contribution in [1.82, 2.24) is 0 Å². The van der Waals surface area contributed by atoms with Gasteiger partial charge in [-0.25, -0.2) is 0 Å². The van der Waals surface area contributed by atoms with Crippen molar-refractivity contribution >= 4 is 61.9 Å². The quantitative estimate of drug-likeness (QED) is 0.157. The van der Waals surface area contributed by atoms with Crippen LogP contribution in [0, 0.1) is 0 Å². The molecule has 0 amide bonds. The molecule has 0 aliphatic rings. The fraction of sp³-hybridized carbons (Fsp3) is 0.167. The number of rotatable bonds is 4. The summed E-state index contributed by atoms with van der Waals surface area (Å²) in [4.78, 5) is 13.0. The Kier molecular flexibility index (Phi) is 7.03. The van der Waals surface area contributed by atoms with Gasteiger partial charge in [-0.1, -0.05) is 15.9 Å². The number of hydrogen-bond donors (Lipinski definition) is 5. The number of carbonyl (C=O) groups is 1. The minimum Gasteiger partial charge on any atom is -0.507 e. The summed E-state index contributed by atoms with van der Waals surface area (Å²) in [5.41, 5.74) is -0.510. The summed E-state index contributed by atoms with van der Waals surface area (Å²) >= 11 is 6.06. The maximum atomic E-state index is 13.0. The first kappa shape index (κ1) is 22.1. The first-order valence-electron chi connectivity index (χ1n) is 7.77. The van der Waals surface area contributed by atoms with Crippen LogP contribution in [0.5, 0.6) is 23.0 Å². The van der Waals surface area contributed by atoms with Gasteiger partial charge < -0.3 is 29.9 Å². The summed E-state index contributed by atoms with van der Waals surface area (Å²) < 4.78 is 5.73. The Morgan fingerprint density at radius 3 is 2.32 bits per heavy atom. The number of aromatic hydroxyl groups is 4. The number of furan rings is 1. The topological polar surface area (TPSA) is 131 Å². The molecule has 0 saturated heterocycles. The van der Waals surface area contributed by atoms with E-state index < -0.39 is 23.0 Å². The van der Waals surface area contributed by atoms with Gasteiger partial charge in [-0.15, -0.1) is 0 Å². The van der Waals surface area contributed by atoms with E-state index >= 15 is 0 Å². The number of hydrogen-bond acceptors (Lipinski definition) is 7. The van der Waals surface area contributed by atoms with Gasteiger partial charge in [-0.05, 0) is 45.4 Å². The number of carbonyl (C=O) groups excluding carboxylic acids is 1. The summed E-state index contributed by atoms with van der Waals surface area (Å²) in [6, 6.07) is 4.07. The van der Waals surface area contributed by atoms with Crippen LogP contribution in [0.1, 0.15) is 21.7 Å². The zero-order valence-electron chi connectivity index (χ0n) is 14.5. The van der Waals surface area contributed by atoms with E-state index in [0.717, 1.165) is 0 Å². The summed E-state index contributed by atoms with van der Waals surface area (Å²) in [5.74, 6) is -1.20. The molecule has 0 fully saturated rings. The lowest BCUT2D eigenvalue weighted by atomic mass is 9.86. The van der Waals surface area contributed by atoms with E-state index in [1.165, 1.54) is 18.2 Å². The average Bonchev–Trinajstić information content (AvgIpc) is 3.07. The third kappa shape index (κ3) is 3.72. The molecular formula is C18H15BBr2O7. The molecule has 28 heavy (non-hydrogen) atoms. The number of aliphatic hydroxyl groups excluding tert-OH is 1. The van der Waals surface area contributed by atoms with E-state index in [4.69, 9.17) is 12.3 Å².